The third kappa shape index (κ3) is 4.08. The normalized spacial score (nSPS) is 11.4. The summed E-state index contributed by atoms with van der Waals surface area (Å²) in [7, 11) is 0. The molecule has 4 heteroatoms. The van der Waals surface area contributed by atoms with Crippen molar-refractivity contribution in [2.45, 2.75) is 0 Å². The largest absolute Gasteiger partial charge is 0.478 e. The Morgan fingerprint density at radius 1 is 1.14 bits per heavy atom. The van der Waals surface area contributed by atoms with Crippen molar-refractivity contribution in [3.05, 3.63) is 88.5 Å². The van der Waals surface area contributed by atoms with Crippen LogP contribution in [-0.2, 0) is 4.79 Å². The number of carboxylic acids is 1. The summed E-state index contributed by atoms with van der Waals surface area (Å²) in [6.45, 7) is 0. The van der Waals surface area contributed by atoms with Gasteiger partial charge in [-0.05, 0) is 41.0 Å². The number of hydrogen-bond acceptors (Lipinski definition) is 2. The van der Waals surface area contributed by atoms with Crippen LogP contribution in [0.5, 0.6) is 0 Å². The summed E-state index contributed by atoms with van der Waals surface area (Å²) in [5, 5.41) is 18.4. The lowest BCUT2D eigenvalue weighted by molar-refractivity contribution is -0.131. The maximum Gasteiger partial charge on any atom is 0.328 e. The van der Waals surface area contributed by atoms with E-state index < -0.39 is 5.97 Å². The minimum atomic E-state index is -1.02. The van der Waals surface area contributed by atoms with E-state index in [2.05, 4.69) is 6.07 Å². The molecule has 0 radical (unpaired) electrons. The van der Waals surface area contributed by atoms with Gasteiger partial charge in [-0.1, -0.05) is 48.0 Å². The first-order valence-electron chi connectivity index (χ1n) is 6.48. The predicted octanol–water partition coefficient (Wildman–Crippen LogP) is 4.28. The highest BCUT2D eigenvalue weighted by Gasteiger charge is 2.05. The predicted molar refractivity (Wildman–Crippen MR) is 86.5 cm³/mol. The SMILES string of the molecule is N#Cc1cccc(C(=CC=CC(=O)O)c2ccc(Cl)cc2)c1. The second kappa shape index (κ2) is 7.26. The van der Waals surface area contributed by atoms with Crippen LogP contribution in [0.25, 0.3) is 5.57 Å². The Morgan fingerprint density at radius 3 is 2.50 bits per heavy atom. The Kier molecular flexibility index (Phi) is 5.13. The van der Waals surface area contributed by atoms with Crippen LogP contribution in [0.1, 0.15) is 16.7 Å². The number of nitrogens with zero attached hydrogens (tertiary/aromatic N) is 1. The molecule has 0 bridgehead atoms. The van der Waals surface area contributed by atoms with E-state index in [4.69, 9.17) is 22.0 Å². The molecule has 0 fully saturated rings. The van der Waals surface area contributed by atoms with Crippen molar-refractivity contribution in [3.63, 3.8) is 0 Å². The van der Waals surface area contributed by atoms with E-state index in [9.17, 15) is 4.79 Å². The van der Waals surface area contributed by atoms with Gasteiger partial charge in [0, 0.05) is 11.1 Å². The van der Waals surface area contributed by atoms with Crippen molar-refractivity contribution in [3.8, 4) is 6.07 Å². The van der Waals surface area contributed by atoms with Crippen LogP contribution in [0.15, 0.2) is 66.8 Å². The van der Waals surface area contributed by atoms with E-state index in [0.717, 1.165) is 22.8 Å². The molecular weight excluding hydrogens is 298 g/mol. The molecule has 0 aromatic heterocycles. The Morgan fingerprint density at radius 2 is 1.86 bits per heavy atom. The van der Waals surface area contributed by atoms with Gasteiger partial charge in [0.05, 0.1) is 11.6 Å². The van der Waals surface area contributed by atoms with Gasteiger partial charge in [-0.25, -0.2) is 4.79 Å². The molecule has 0 saturated carbocycles. The first-order valence-corrected chi connectivity index (χ1v) is 6.86. The molecule has 3 nitrogen and oxygen atoms in total. The molecule has 0 amide bonds. The van der Waals surface area contributed by atoms with Crippen molar-refractivity contribution in [2.75, 3.05) is 0 Å². The highest BCUT2D eigenvalue weighted by molar-refractivity contribution is 6.30. The smallest absolute Gasteiger partial charge is 0.328 e. The number of carboxylic acid groups (broad SMARTS) is 1. The average molecular weight is 310 g/mol. The third-order valence-electron chi connectivity index (χ3n) is 2.96. The molecule has 0 atom stereocenters. The van der Waals surface area contributed by atoms with E-state index in [0.29, 0.717) is 10.6 Å². The second-order valence-corrected chi connectivity index (χ2v) is 4.91. The molecule has 0 unspecified atom stereocenters. The summed E-state index contributed by atoms with van der Waals surface area (Å²) in [6, 6.07) is 16.5. The molecule has 2 aromatic rings. The molecule has 1 N–H and O–H groups in total. The van der Waals surface area contributed by atoms with Gasteiger partial charge in [-0.3, -0.25) is 0 Å². The first kappa shape index (κ1) is 15.6. The van der Waals surface area contributed by atoms with Crippen molar-refractivity contribution in [2.24, 2.45) is 0 Å². The zero-order valence-corrected chi connectivity index (χ0v) is 12.3. The number of hydrogen-bond donors (Lipinski definition) is 1. The van der Waals surface area contributed by atoms with E-state index >= 15 is 0 Å². The second-order valence-electron chi connectivity index (χ2n) is 4.48. The quantitative estimate of drug-likeness (QED) is 0.677. The molecule has 0 saturated heterocycles. The first-order chi connectivity index (χ1) is 10.6. The summed E-state index contributed by atoms with van der Waals surface area (Å²) in [4.78, 5) is 10.6. The van der Waals surface area contributed by atoms with Gasteiger partial charge in [0.25, 0.3) is 0 Å². The molecule has 0 spiro atoms. The van der Waals surface area contributed by atoms with Gasteiger partial charge in [0.15, 0.2) is 0 Å². The zero-order chi connectivity index (χ0) is 15.9. The topological polar surface area (TPSA) is 61.1 Å². The summed E-state index contributed by atoms with van der Waals surface area (Å²) in [6.07, 6.45) is 4.23. The van der Waals surface area contributed by atoms with Gasteiger partial charge < -0.3 is 5.11 Å². The highest BCUT2D eigenvalue weighted by Crippen LogP contribution is 2.25. The standard InChI is InChI=1S/C18H12ClNO2/c19-16-9-7-14(8-10-16)17(5-2-6-18(21)22)15-4-1-3-13(11-15)12-20/h1-11H,(H,21,22). The van der Waals surface area contributed by atoms with Crippen LogP contribution in [0, 0.1) is 11.3 Å². The third-order valence-corrected chi connectivity index (χ3v) is 3.21. The zero-order valence-electron chi connectivity index (χ0n) is 11.5. The van der Waals surface area contributed by atoms with Crippen LogP contribution in [-0.4, -0.2) is 11.1 Å². The Bertz CT molecular complexity index is 783. The maximum absolute atomic E-state index is 10.6. The lowest BCUT2D eigenvalue weighted by Gasteiger charge is -2.08. The molecule has 0 aliphatic rings. The maximum atomic E-state index is 10.6. The highest BCUT2D eigenvalue weighted by atomic mass is 35.5. The fraction of sp³-hybridized carbons (Fsp3) is 0. The van der Waals surface area contributed by atoms with Gasteiger partial charge in [-0.2, -0.15) is 5.26 Å². The molecule has 22 heavy (non-hydrogen) atoms. The lowest BCUT2D eigenvalue weighted by Crippen LogP contribution is -1.90. The Balaban J connectivity index is 2.52. The summed E-state index contributed by atoms with van der Waals surface area (Å²) < 4.78 is 0. The van der Waals surface area contributed by atoms with Gasteiger partial charge in [-0.15, -0.1) is 0 Å². The molecule has 0 aliphatic carbocycles. The molecular formula is C18H12ClNO2. The molecule has 0 heterocycles. The summed E-state index contributed by atoms with van der Waals surface area (Å²) in [5.41, 5.74) is 3.07. The van der Waals surface area contributed by atoms with Gasteiger partial charge in [0.2, 0.25) is 0 Å². The molecule has 0 aliphatic heterocycles. The van der Waals surface area contributed by atoms with Crippen LogP contribution in [0.3, 0.4) is 0 Å². The average Bonchev–Trinajstić information content (AvgIpc) is 2.52. The number of nitriles is 1. The molecule has 2 aromatic carbocycles. The van der Waals surface area contributed by atoms with Crippen molar-refractivity contribution in [1.82, 2.24) is 0 Å². The van der Waals surface area contributed by atoms with Crippen LogP contribution in [0.4, 0.5) is 0 Å². The molecule has 2 rings (SSSR count). The number of aliphatic carboxylic acids is 1. The number of benzene rings is 2. The number of halogens is 1. The fourth-order valence-corrected chi connectivity index (χ4v) is 2.10. The van der Waals surface area contributed by atoms with E-state index in [-0.39, 0.29) is 0 Å². The van der Waals surface area contributed by atoms with E-state index in [1.54, 1.807) is 36.4 Å². The van der Waals surface area contributed by atoms with Crippen molar-refractivity contribution in [1.29, 1.82) is 5.26 Å². The number of allylic oxidation sites excluding steroid dienone is 2. The van der Waals surface area contributed by atoms with E-state index in [1.165, 1.54) is 6.08 Å². The van der Waals surface area contributed by atoms with E-state index in [1.807, 2.05) is 18.2 Å². The number of rotatable bonds is 4. The molecule has 108 valence electrons. The van der Waals surface area contributed by atoms with Gasteiger partial charge >= 0.3 is 5.97 Å². The van der Waals surface area contributed by atoms with Crippen LogP contribution in [0.2, 0.25) is 5.02 Å². The monoisotopic (exact) mass is 309 g/mol. The summed E-state index contributed by atoms with van der Waals surface area (Å²) >= 11 is 5.90. The van der Waals surface area contributed by atoms with Gasteiger partial charge in [0.1, 0.15) is 0 Å². The van der Waals surface area contributed by atoms with Crippen LogP contribution >= 0.6 is 11.6 Å². The lowest BCUT2D eigenvalue weighted by atomic mass is 9.96. The fourth-order valence-electron chi connectivity index (χ4n) is 1.97. The minimum absolute atomic E-state index is 0.541. The Labute approximate surface area is 133 Å². The number of carbonyl (C=O) groups is 1. The minimum Gasteiger partial charge on any atom is -0.478 e. The van der Waals surface area contributed by atoms with Crippen molar-refractivity contribution >= 4 is 23.1 Å². The summed E-state index contributed by atoms with van der Waals surface area (Å²) in [5.74, 6) is -1.02. The Hall–Kier alpha value is -2.83. The van der Waals surface area contributed by atoms with Crippen molar-refractivity contribution < 1.29 is 9.90 Å². The van der Waals surface area contributed by atoms with Crippen LogP contribution < -0.4 is 0 Å².